The Labute approximate surface area is 117 Å². The Hall–Kier alpha value is -0.996. The third-order valence-corrected chi connectivity index (χ3v) is 6.07. The molecule has 1 aromatic carbocycles. The van der Waals surface area contributed by atoms with Crippen molar-refractivity contribution in [2.45, 2.75) is 12.8 Å². The van der Waals surface area contributed by atoms with Gasteiger partial charge in [-0.1, -0.05) is 24.3 Å². The first-order chi connectivity index (χ1) is 9.11. The first-order valence-corrected chi connectivity index (χ1v) is 8.47. The molecule has 1 aromatic rings. The molecule has 1 rings (SSSR count). The number of benzene rings is 1. The van der Waals surface area contributed by atoms with Crippen molar-refractivity contribution in [1.29, 1.82) is 0 Å². The Morgan fingerprint density at radius 2 is 1.63 bits per heavy atom. The molecule has 0 radical (unpaired) electrons. The minimum Gasteiger partial charge on any atom is -0.529 e. The van der Waals surface area contributed by atoms with E-state index in [1.165, 1.54) is 0 Å². The Kier molecular flexibility index (Phi) is 6.39. The molecule has 19 heavy (non-hydrogen) atoms. The summed E-state index contributed by atoms with van der Waals surface area (Å²) < 4.78 is 21.0. The molecule has 0 fully saturated rings. The molecule has 0 saturated heterocycles. The van der Waals surface area contributed by atoms with Crippen LogP contribution in [0, 0.1) is 0 Å². The predicted octanol–water partition coefficient (Wildman–Crippen LogP) is -0.472. The summed E-state index contributed by atoms with van der Waals surface area (Å²) >= 11 is 0. The second-order valence-electron chi connectivity index (χ2n) is 3.94. The molecule has 0 saturated carbocycles. The van der Waals surface area contributed by atoms with E-state index in [2.05, 4.69) is 0 Å². The summed E-state index contributed by atoms with van der Waals surface area (Å²) in [6.45, 7) is 0. The maximum absolute atomic E-state index is 11.1. The van der Waals surface area contributed by atoms with E-state index in [1.807, 2.05) is 24.3 Å². The van der Waals surface area contributed by atoms with Gasteiger partial charge in [-0.05, 0) is 12.0 Å². The van der Waals surface area contributed by atoms with E-state index in [-0.39, 0.29) is 5.97 Å². The lowest BCUT2D eigenvalue weighted by Crippen LogP contribution is -2.54. The van der Waals surface area contributed by atoms with Crippen LogP contribution in [0.15, 0.2) is 24.3 Å². The molecular formula is C12H20O5Si2. The molecule has 0 aliphatic carbocycles. The largest absolute Gasteiger partial charge is 0.536 e. The number of hydrogen-bond acceptors (Lipinski definition) is 5. The van der Waals surface area contributed by atoms with Gasteiger partial charge in [0.2, 0.25) is 10.5 Å². The first kappa shape index (κ1) is 16.1. The van der Waals surface area contributed by atoms with Gasteiger partial charge < -0.3 is 17.7 Å². The Balaban J connectivity index is 2.78. The molecule has 0 amide bonds. The molecule has 0 N–H and O–H groups in total. The maximum atomic E-state index is 11.1. The van der Waals surface area contributed by atoms with Gasteiger partial charge in [0, 0.05) is 32.9 Å². The van der Waals surface area contributed by atoms with Crippen molar-refractivity contribution in [3.8, 4) is 0 Å². The van der Waals surface area contributed by atoms with Crippen molar-refractivity contribution >= 4 is 30.4 Å². The SMILES string of the molecule is CO[Si](OC)(OC)c1ccc(CCC(=O)O[SiH3])cc1. The molecular weight excluding hydrogens is 280 g/mol. The zero-order valence-electron chi connectivity index (χ0n) is 11.8. The highest BCUT2D eigenvalue weighted by Gasteiger charge is 2.40. The summed E-state index contributed by atoms with van der Waals surface area (Å²) in [6, 6.07) is 7.75. The number of hydrogen-bond donors (Lipinski definition) is 0. The normalized spacial score (nSPS) is 11.5. The van der Waals surface area contributed by atoms with Gasteiger partial charge >= 0.3 is 8.80 Å². The topological polar surface area (TPSA) is 54.0 Å². The fraction of sp³-hybridized carbons (Fsp3) is 0.417. The third-order valence-electron chi connectivity index (χ3n) is 2.96. The van der Waals surface area contributed by atoms with Gasteiger partial charge in [-0.3, -0.25) is 4.79 Å². The zero-order chi connectivity index (χ0) is 14.3. The standard InChI is InChI=1S/C12H20O5Si2/c1-14-19(15-2,16-3)11-7-4-10(5-8-11)6-9-12(13)17-18/h4-5,7-8H,6,9H2,1-3,18H3. The van der Waals surface area contributed by atoms with Crippen molar-refractivity contribution < 1.29 is 22.5 Å². The van der Waals surface area contributed by atoms with Gasteiger partial charge in [0.05, 0.1) is 0 Å². The fourth-order valence-corrected chi connectivity index (χ4v) is 3.81. The van der Waals surface area contributed by atoms with Crippen molar-refractivity contribution in [3.63, 3.8) is 0 Å². The molecule has 0 aliphatic rings. The van der Waals surface area contributed by atoms with Crippen LogP contribution < -0.4 is 5.19 Å². The van der Waals surface area contributed by atoms with Gasteiger partial charge in [-0.2, -0.15) is 0 Å². The molecule has 0 aliphatic heterocycles. The first-order valence-electron chi connectivity index (χ1n) is 5.93. The second-order valence-corrected chi connectivity index (χ2v) is 7.26. The Morgan fingerprint density at radius 1 is 1.11 bits per heavy atom. The fourth-order valence-electron chi connectivity index (χ4n) is 1.83. The van der Waals surface area contributed by atoms with Crippen LogP contribution in [0.3, 0.4) is 0 Å². The third kappa shape index (κ3) is 3.98. The average Bonchev–Trinajstić information content (AvgIpc) is 2.48. The number of carbonyl (C=O) groups is 1. The molecule has 0 bridgehead atoms. The van der Waals surface area contributed by atoms with E-state index in [0.717, 1.165) is 10.8 Å². The van der Waals surface area contributed by atoms with Gasteiger partial charge in [-0.15, -0.1) is 0 Å². The monoisotopic (exact) mass is 300 g/mol. The van der Waals surface area contributed by atoms with Gasteiger partial charge in [-0.25, -0.2) is 0 Å². The van der Waals surface area contributed by atoms with Crippen LogP contribution in [0.4, 0.5) is 0 Å². The average molecular weight is 300 g/mol. The lowest BCUT2D eigenvalue weighted by atomic mass is 10.1. The molecule has 0 heterocycles. The summed E-state index contributed by atoms with van der Waals surface area (Å²) in [6.07, 6.45) is 1.08. The van der Waals surface area contributed by atoms with Crippen LogP contribution in [0.5, 0.6) is 0 Å². The minimum atomic E-state index is -2.75. The van der Waals surface area contributed by atoms with E-state index in [4.69, 9.17) is 17.7 Å². The summed E-state index contributed by atoms with van der Waals surface area (Å²) in [5.74, 6) is -0.148. The molecule has 7 heteroatoms. The van der Waals surface area contributed by atoms with Crippen molar-refractivity contribution in [2.75, 3.05) is 21.3 Å². The van der Waals surface area contributed by atoms with Gasteiger partial charge in [0.1, 0.15) is 0 Å². The predicted molar refractivity (Wildman–Crippen MR) is 77.2 cm³/mol. The van der Waals surface area contributed by atoms with E-state index in [1.54, 1.807) is 21.3 Å². The number of carbonyl (C=O) groups excluding carboxylic acids is 1. The van der Waals surface area contributed by atoms with Crippen LogP contribution in [0.1, 0.15) is 12.0 Å². The van der Waals surface area contributed by atoms with Gasteiger partial charge in [0.25, 0.3) is 5.97 Å². The molecule has 0 spiro atoms. The van der Waals surface area contributed by atoms with Crippen LogP contribution in [0.2, 0.25) is 0 Å². The number of aryl methyl sites for hydroxylation is 1. The lowest BCUT2D eigenvalue weighted by Gasteiger charge is -2.24. The van der Waals surface area contributed by atoms with Gasteiger partial charge in [0.15, 0.2) is 0 Å². The summed E-state index contributed by atoms with van der Waals surface area (Å²) in [4.78, 5) is 11.1. The number of rotatable bonds is 7. The quantitative estimate of drug-likeness (QED) is 0.637. The summed E-state index contributed by atoms with van der Waals surface area (Å²) in [7, 11) is 2.43. The van der Waals surface area contributed by atoms with E-state index >= 15 is 0 Å². The highest BCUT2D eigenvalue weighted by Crippen LogP contribution is 2.09. The Bertz CT molecular complexity index is 395. The minimum absolute atomic E-state index is 0.148. The van der Waals surface area contributed by atoms with Crippen molar-refractivity contribution in [3.05, 3.63) is 29.8 Å². The maximum Gasteiger partial charge on any atom is 0.536 e. The van der Waals surface area contributed by atoms with Crippen LogP contribution >= 0.6 is 0 Å². The molecule has 0 unspecified atom stereocenters. The van der Waals surface area contributed by atoms with E-state index in [0.29, 0.717) is 23.3 Å². The van der Waals surface area contributed by atoms with Crippen LogP contribution in [-0.4, -0.2) is 46.6 Å². The summed E-state index contributed by atoms with van der Waals surface area (Å²) in [5, 5.41) is 0.897. The lowest BCUT2D eigenvalue weighted by molar-refractivity contribution is -0.133. The van der Waals surface area contributed by atoms with Crippen molar-refractivity contribution in [2.24, 2.45) is 0 Å². The van der Waals surface area contributed by atoms with Crippen LogP contribution in [-0.2, 0) is 28.9 Å². The highest BCUT2D eigenvalue weighted by atomic mass is 28.4. The van der Waals surface area contributed by atoms with E-state index < -0.39 is 8.80 Å². The highest BCUT2D eigenvalue weighted by molar-refractivity contribution is 6.75. The molecule has 106 valence electrons. The smallest absolute Gasteiger partial charge is 0.529 e. The van der Waals surface area contributed by atoms with E-state index in [9.17, 15) is 4.79 Å². The molecule has 5 nitrogen and oxygen atoms in total. The molecule has 0 atom stereocenters. The molecule has 0 aromatic heterocycles. The Morgan fingerprint density at radius 3 is 2.05 bits per heavy atom. The van der Waals surface area contributed by atoms with Crippen molar-refractivity contribution in [1.82, 2.24) is 0 Å². The zero-order valence-corrected chi connectivity index (χ0v) is 14.8. The second kappa shape index (κ2) is 7.56. The van der Waals surface area contributed by atoms with Crippen LogP contribution in [0.25, 0.3) is 0 Å². The summed E-state index contributed by atoms with van der Waals surface area (Å²) in [5.41, 5.74) is 1.07.